The van der Waals surface area contributed by atoms with Crippen molar-refractivity contribution in [3.05, 3.63) is 52.8 Å². The molecular weight excluding hydrogens is 324 g/mol. The van der Waals surface area contributed by atoms with Crippen LogP contribution in [0.1, 0.15) is 46.6 Å². The van der Waals surface area contributed by atoms with Gasteiger partial charge in [0.2, 0.25) is 0 Å². The summed E-state index contributed by atoms with van der Waals surface area (Å²) in [5, 5.41) is 8.02. The smallest absolute Gasteiger partial charge is 0.253 e. The predicted molar refractivity (Wildman–Crippen MR) is 102 cm³/mol. The number of carbonyl (C=O) groups excluding carboxylic acids is 1. The first-order valence-electron chi connectivity index (χ1n) is 9.65. The molecule has 1 unspecified atom stereocenters. The fourth-order valence-electron chi connectivity index (χ4n) is 4.43. The van der Waals surface area contributed by atoms with E-state index >= 15 is 0 Å². The van der Waals surface area contributed by atoms with E-state index in [-0.39, 0.29) is 5.91 Å². The lowest BCUT2D eigenvalue weighted by atomic mass is 9.80. The molecule has 2 aliphatic heterocycles. The topological polar surface area (TPSA) is 50.2 Å². The Kier molecular flexibility index (Phi) is 4.57. The van der Waals surface area contributed by atoms with E-state index in [0.717, 1.165) is 56.1 Å². The maximum atomic E-state index is 12.9. The minimum Gasteiger partial charge on any atom is -0.338 e. The van der Waals surface area contributed by atoms with Gasteiger partial charge in [0.15, 0.2) is 0 Å². The number of hydrogen-bond acceptors (Lipinski definition) is 3. The van der Waals surface area contributed by atoms with Crippen LogP contribution in [0.25, 0.3) is 0 Å². The molecule has 0 saturated carbocycles. The molecule has 2 saturated heterocycles. The summed E-state index contributed by atoms with van der Waals surface area (Å²) in [5.41, 5.74) is 4.47. The molecule has 5 nitrogen and oxygen atoms in total. The zero-order valence-corrected chi connectivity index (χ0v) is 15.8. The summed E-state index contributed by atoms with van der Waals surface area (Å²) >= 11 is 0. The summed E-state index contributed by atoms with van der Waals surface area (Å²) < 4.78 is 2.01. The lowest BCUT2D eigenvalue weighted by molar-refractivity contribution is 0.0764. The predicted octanol–water partition coefficient (Wildman–Crippen LogP) is 2.76. The Labute approximate surface area is 155 Å². The Bertz CT molecular complexity index is 787. The molecular formula is C21H28N4O. The van der Waals surface area contributed by atoms with E-state index in [1.807, 2.05) is 28.6 Å². The molecule has 1 amide bonds. The van der Waals surface area contributed by atoms with Crippen LogP contribution < -0.4 is 5.32 Å². The lowest BCUT2D eigenvalue weighted by Gasteiger charge is -2.33. The van der Waals surface area contributed by atoms with Crippen molar-refractivity contribution in [2.24, 2.45) is 5.41 Å². The third-order valence-electron chi connectivity index (χ3n) is 5.92. The van der Waals surface area contributed by atoms with Crippen molar-refractivity contribution in [3.63, 3.8) is 0 Å². The van der Waals surface area contributed by atoms with Crippen LogP contribution in [0.3, 0.4) is 0 Å². The minimum atomic E-state index is 0.171. The van der Waals surface area contributed by atoms with Gasteiger partial charge in [0.25, 0.3) is 5.91 Å². The van der Waals surface area contributed by atoms with Crippen LogP contribution >= 0.6 is 0 Å². The number of likely N-dealkylation sites (tertiary alicyclic amines) is 1. The molecule has 0 aliphatic carbocycles. The number of aryl methyl sites for hydroxylation is 2. The molecule has 0 bridgehead atoms. The maximum absolute atomic E-state index is 12.9. The fraction of sp³-hybridized carbons (Fsp3) is 0.524. The third-order valence-corrected chi connectivity index (χ3v) is 5.92. The summed E-state index contributed by atoms with van der Waals surface area (Å²) in [6.45, 7) is 8.77. The first-order chi connectivity index (χ1) is 12.5. The highest BCUT2D eigenvalue weighted by Gasteiger charge is 2.40. The maximum Gasteiger partial charge on any atom is 0.253 e. The van der Waals surface area contributed by atoms with Gasteiger partial charge >= 0.3 is 0 Å². The average Bonchev–Trinajstić information content (AvgIpc) is 3.19. The van der Waals surface area contributed by atoms with Gasteiger partial charge in [-0.2, -0.15) is 5.10 Å². The van der Waals surface area contributed by atoms with Crippen LogP contribution in [-0.4, -0.2) is 46.8 Å². The Morgan fingerprint density at radius 1 is 1.23 bits per heavy atom. The van der Waals surface area contributed by atoms with Crippen molar-refractivity contribution in [3.8, 4) is 0 Å². The summed E-state index contributed by atoms with van der Waals surface area (Å²) in [6.07, 6.45) is 3.59. The van der Waals surface area contributed by atoms with Crippen LogP contribution in [0, 0.1) is 19.3 Å². The molecule has 2 aromatic rings. The molecule has 26 heavy (non-hydrogen) atoms. The molecule has 1 N–H and O–H groups in total. The van der Waals surface area contributed by atoms with E-state index < -0.39 is 0 Å². The molecule has 3 heterocycles. The fourth-order valence-corrected chi connectivity index (χ4v) is 4.43. The van der Waals surface area contributed by atoms with E-state index in [4.69, 9.17) is 0 Å². The molecule has 2 fully saturated rings. The highest BCUT2D eigenvalue weighted by atomic mass is 16.2. The highest BCUT2D eigenvalue weighted by molar-refractivity contribution is 5.94. The van der Waals surface area contributed by atoms with Crippen molar-refractivity contribution < 1.29 is 4.79 Å². The summed E-state index contributed by atoms with van der Waals surface area (Å²) in [4.78, 5) is 14.9. The Balaban J connectivity index is 1.42. The number of rotatable bonds is 3. The minimum absolute atomic E-state index is 0.171. The van der Waals surface area contributed by atoms with Crippen molar-refractivity contribution >= 4 is 5.91 Å². The Hall–Kier alpha value is -2.14. The summed E-state index contributed by atoms with van der Waals surface area (Å²) in [7, 11) is 0. The van der Waals surface area contributed by atoms with Crippen molar-refractivity contribution in [1.29, 1.82) is 0 Å². The van der Waals surface area contributed by atoms with Crippen molar-refractivity contribution in [2.75, 3.05) is 26.2 Å². The summed E-state index contributed by atoms with van der Waals surface area (Å²) in [6, 6.07) is 10.1. The second kappa shape index (κ2) is 6.88. The van der Waals surface area contributed by atoms with Gasteiger partial charge < -0.3 is 10.2 Å². The third kappa shape index (κ3) is 3.40. The number of benzene rings is 1. The van der Waals surface area contributed by atoms with E-state index in [9.17, 15) is 4.79 Å². The van der Waals surface area contributed by atoms with Gasteiger partial charge in [-0.1, -0.05) is 12.1 Å². The standard InChI is InChI=1S/C21H28N4O/c1-16-12-17(2)25(23-16)13-18-4-6-19(7-5-18)20(26)24-11-9-21(15-24)8-3-10-22-14-21/h4-7,12,22H,3,8-11,13-15H2,1-2H3. The van der Waals surface area contributed by atoms with Crippen molar-refractivity contribution in [2.45, 2.75) is 39.7 Å². The van der Waals surface area contributed by atoms with Crippen LogP contribution in [0.15, 0.2) is 30.3 Å². The molecule has 5 heteroatoms. The second-order valence-corrected chi connectivity index (χ2v) is 8.04. The number of nitrogens with zero attached hydrogens (tertiary/aromatic N) is 3. The van der Waals surface area contributed by atoms with E-state index in [1.165, 1.54) is 18.4 Å². The second-order valence-electron chi connectivity index (χ2n) is 8.04. The Morgan fingerprint density at radius 3 is 2.69 bits per heavy atom. The SMILES string of the molecule is Cc1cc(C)n(Cc2ccc(C(=O)N3CCC4(CCCNC4)C3)cc2)n1. The quantitative estimate of drug-likeness (QED) is 0.924. The molecule has 1 aromatic carbocycles. The summed E-state index contributed by atoms with van der Waals surface area (Å²) in [5.74, 6) is 0.171. The van der Waals surface area contributed by atoms with Gasteiger partial charge in [-0.25, -0.2) is 0 Å². The molecule has 1 atom stereocenters. The first-order valence-corrected chi connectivity index (χ1v) is 9.65. The van der Waals surface area contributed by atoms with E-state index in [2.05, 4.69) is 35.5 Å². The largest absolute Gasteiger partial charge is 0.338 e. The molecule has 138 valence electrons. The van der Waals surface area contributed by atoms with Crippen LogP contribution in [-0.2, 0) is 6.54 Å². The van der Waals surface area contributed by atoms with Gasteiger partial charge in [0.05, 0.1) is 12.2 Å². The van der Waals surface area contributed by atoms with Gasteiger partial charge in [0.1, 0.15) is 0 Å². The van der Waals surface area contributed by atoms with Gasteiger partial charge in [-0.3, -0.25) is 9.48 Å². The lowest BCUT2D eigenvalue weighted by Crippen LogP contribution is -2.42. The van der Waals surface area contributed by atoms with Gasteiger partial charge in [-0.05, 0) is 63.4 Å². The molecule has 1 spiro atoms. The number of nitrogens with one attached hydrogen (secondary N) is 1. The monoisotopic (exact) mass is 352 g/mol. The number of carbonyl (C=O) groups is 1. The van der Waals surface area contributed by atoms with Crippen LogP contribution in [0.2, 0.25) is 0 Å². The number of amides is 1. The Morgan fingerprint density at radius 2 is 2.04 bits per heavy atom. The zero-order valence-electron chi connectivity index (χ0n) is 15.8. The van der Waals surface area contributed by atoms with Crippen LogP contribution in [0.4, 0.5) is 0 Å². The number of hydrogen-bond donors (Lipinski definition) is 1. The average molecular weight is 352 g/mol. The zero-order chi connectivity index (χ0) is 18.1. The normalized spacial score (nSPS) is 22.9. The number of aromatic nitrogens is 2. The number of piperidine rings is 1. The molecule has 0 radical (unpaired) electrons. The molecule has 2 aliphatic rings. The van der Waals surface area contributed by atoms with Gasteiger partial charge in [-0.15, -0.1) is 0 Å². The molecule has 4 rings (SSSR count). The van der Waals surface area contributed by atoms with Crippen molar-refractivity contribution in [1.82, 2.24) is 20.0 Å². The van der Waals surface area contributed by atoms with E-state index in [0.29, 0.717) is 5.41 Å². The molecule has 1 aromatic heterocycles. The van der Waals surface area contributed by atoms with E-state index in [1.54, 1.807) is 0 Å². The highest BCUT2D eigenvalue weighted by Crippen LogP contribution is 2.36. The first kappa shape index (κ1) is 17.3. The van der Waals surface area contributed by atoms with Gasteiger partial charge in [0, 0.05) is 36.3 Å². The van der Waals surface area contributed by atoms with Crippen LogP contribution in [0.5, 0.6) is 0 Å².